The Kier molecular flexibility index (Phi) is 2.89. The van der Waals surface area contributed by atoms with E-state index in [9.17, 15) is 0 Å². The SMILES string of the molecule is Cc1c(-c2ccccc2)nnn1-c1cnc2ncccc2c1. The van der Waals surface area contributed by atoms with E-state index in [1.807, 2.05) is 60.1 Å². The highest BCUT2D eigenvalue weighted by Crippen LogP contribution is 2.23. The van der Waals surface area contributed by atoms with E-state index in [4.69, 9.17) is 0 Å². The molecule has 0 saturated carbocycles. The van der Waals surface area contributed by atoms with Crippen molar-refractivity contribution in [2.75, 3.05) is 0 Å². The van der Waals surface area contributed by atoms with Crippen LogP contribution in [0.2, 0.25) is 0 Å². The van der Waals surface area contributed by atoms with Crippen molar-refractivity contribution in [3.63, 3.8) is 0 Å². The number of fused-ring (bicyclic) bond motifs is 1. The molecule has 5 heteroatoms. The third kappa shape index (κ3) is 2.03. The highest BCUT2D eigenvalue weighted by Gasteiger charge is 2.12. The van der Waals surface area contributed by atoms with E-state index in [0.29, 0.717) is 0 Å². The minimum Gasteiger partial charge on any atom is -0.237 e. The molecular formula is C17H13N5. The van der Waals surface area contributed by atoms with Gasteiger partial charge < -0.3 is 0 Å². The van der Waals surface area contributed by atoms with Gasteiger partial charge in [0.1, 0.15) is 5.69 Å². The lowest BCUT2D eigenvalue weighted by Crippen LogP contribution is -2.00. The van der Waals surface area contributed by atoms with E-state index in [2.05, 4.69) is 20.3 Å². The largest absolute Gasteiger partial charge is 0.237 e. The molecule has 0 spiro atoms. The first-order valence-corrected chi connectivity index (χ1v) is 7.02. The molecule has 0 bridgehead atoms. The van der Waals surface area contributed by atoms with Gasteiger partial charge in [-0.2, -0.15) is 0 Å². The summed E-state index contributed by atoms with van der Waals surface area (Å²) in [5.41, 5.74) is 4.53. The van der Waals surface area contributed by atoms with Gasteiger partial charge >= 0.3 is 0 Å². The van der Waals surface area contributed by atoms with Crippen molar-refractivity contribution in [2.45, 2.75) is 6.92 Å². The van der Waals surface area contributed by atoms with Crippen molar-refractivity contribution in [1.29, 1.82) is 0 Å². The Morgan fingerprint density at radius 3 is 2.68 bits per heavy atom. The maximum Gasteiger partial charge on any atom is 0.159 e. The summed E-state index contributed by atoms with van der Waals surface area (Å²) in [5.74, 6) is 0. The third-order valence-electron chi connectivity index (χ3n) is 3.63. The van der Waals surface area contributed by atoms with Gasteiger partial charge in [0.2, 0.25) is 0 Å². The van der Waals surface area contributed by atoms with Crippen LogP contribution in [0.5, 0.6) is 0 Å². The number of pyridine rings is 2. The molecule has 4 rings (SSSR count). The Hall–Kier alpha value is -3.08. The molecule has 0 aliphatic heterocycles. The molecule has 0 aliphatic carbocycles. The van der Waals surface area contributed by atoms with Crippen molar-refractivity contribution in [3.8, 4) is 16.9 Å². The average Bonchev–Trinajstić information content (AvgIpc) is 2.97. The molecule has 0 N–H and O–H groups in total. The van der Waals surface area contributed by atoms with Crippen molar-refractivity contribution in [2.24, 2.45) is 0 Å². The zero-order chi connectivity index (χ0) is 14.9. The first-order valence-electron chi connectivity index (χ1n) is 7.02. The van der Waals surface area contributed by atoms with E-state index in [0.717, 1.165) is 33.7 Å². The topological polar surface area (TPSA) is 56.5 Å². The van der Waals surface area contributed by atoms with Gasteiger partial charge in [0.25, 0.3) is 0 Å². The fourth-order valence-corrected chi connectivity index (χ4v) is 2.51. The maximum absolute atomic E-state index is 4.38. The van der Waals surface area contributed by atoms with Gasteiger partial charge in [0.15, 0.2) is 5.65 Å². The maximum atomic E-state index is 4.38. The summed E-state index contributed by atoms with van der Waals surface area (Å²) < 4.78 is 1.81. The van der Waals surface area contributed by atoms with Crippen LogP contribution in [0.4, 0.5) is 0 Å². The molecule has 5 nitrogen and oxygen atoms in total. The average molecular weight is 287 g/mol. The summed E-state index contributed by atoms with van der Waals surface area (Å²) >= 11 is 0. The molecule has 0 saturated heterocycles. The Balaban J connectivity index is 1.84. The molecule has 0 fully saturated rings. The van der Waals surface area contributed by atoms with Gasteiger partial charge in [0.05, 0.1) is 17.6 Å². The molecule has 0 aliphatic rings. The van der Waals surface area contributed by atoms with Crippen molar-refractivity contribution in [1.82, 2.24) is 25.0 Å². The van der Waals surface area contributed by atoms with E-state index < -0.39 is 0 Å². The van der Waals surface area contributed by atoms with Crippen LogP contribution in [0.3, 0.4) is 0 Å². The Labute approximate surface area is 127 Å². The van der Waals surface area contributed by atoms with E-state index in [-0.39, 0.29) is 0 Å². The standard InChI is InChI=1S/C17H13N5/c1-12-16(13-6-3-2-4-7-13)20-21-22(12)15-10-14-8-5-9-18-17(14)19-11-15/h2-11H,1H3. The molecule has 106 valence electrons. The molecule has 4 aromatic rings. The van der Waals surface area contributed by atoms with Crippen LogP contribution in [0.25, 0.3) is 28.0 Å². The second kappa shape index (κ2) is 5.04. The summed E-state index contributed by atoms with van der Waals surface area (Å²) in [6, 6.07) is 16.0. The lowest BCUT2D eigenvalue weighted by Gasteiger charge is -2.04. The van der Waals surface area contributed by atoms with Gasteiger partial charge in [-0.3, -0.25) is 0 Å². The van der Waals surface area contributed by atoms with E-state index in [1.54, 1.807) is 12.4 Å². The monoisotopic (exact) mass is 287 g/mol. The van der Waals surface area contributed by atoms with Crippen LogP contribution < -0.4 is 0 Å². The summed E-state index contributed by atoms with van der Waals surface area (Å²) in [4.78, 5) is 8.62. The minimum atomic E-state index is 0.729. The summed E-state index contributed by atoms with van der Waals surface area (Å²) in [6.07, 6.45) is 3.51. The van der Waals surface area contributed by atoms with Crippen molar-refractivity contribution in [3.05, 3.63) is 66.6 Å². The lowest BCUT2D eigenvalue weighted by molar-refractivity contribution is 0.783. The number of aromatic nitrogens is 5. The highest BCUT2D eigenvalue weighted by molar-refractivity contribution is 5.76. The summed E-state index contributed by atoms with van der Waals surface area (Å²) in [7, 11) is 0. The lowest BCUT2D eigenvalue weighted by atomic mass is 10.1. The van der Waals surface area contributed by atoms with Crippen LogP contribution in [0.1, 0.15) is 5.69 Å². The highest BCUT2D eigenvalue weighted by atomic mass is 15.4. The Morgan fingerprint density at radius 1 is 0.955 bits per heavy atom. The Bertz CT molecular complexity index is 944. The van der Waals surface area contributed by atoms with Gasteiger partial charge in [-0.1, -0.05) is 35.5 Å². The number of rotatable bonds is 2. The molecule has 0 unspecified atom stereocenters. The fraction of sp³-hybridized carbons (Fsp3) is 0.0588. The molecule has 0 amide bonds. The van der Waals surface area contributed by atoms with Crippen LogP contribution in [0, 0.1) is 6.92 Å². The summed E-state index contributed by atoms with van der Waals surface area (Å²) in [6.45, 7) is 2.01. The van der Waals surface area contributed by atoms with Crippen LogP contribution >= 0.6 is 0 Å². The predicted octanol–water partition coefficient (Wildman–Crippen LogP) is 3.19. The molecular weight excluding hydrogens is 274 g/mol. The second-order valence-electron chi connectivity index (χ2n) is 5.04. The molecule has 3 heterocycles. The molecule has 0 atom stereocenters. The number of nitrogens with zero attached hydrogens (tertiary/aromatic N) is 5. The van der Waals surface area contributed by atoms with E-state index >= 15 is 0 Å². The Morgan fingerprint density at radius 2 is 1.82 bits per heavy atom. The molecule has 22 heavy (non-hydrogen) atoms. The zero-order valence-electron chi connectivity index (χ0n) is 12.0. The van der Waals surface area contributed by atoms with Gasteiger partial charge in [-0.25, -0.2) is 14.6 Å². The first-order chi connectivity index (χ1) is 10.8. The third-order valence-corrected chi connectivity index (χ3v) is 3.63. The van der Waals surface area contributed by atoms with Crippen LogP contribution in [-0.4, -0.2) is 25.0 Å². The molecule has 3 aromatic heterocycles. The predicted molar refractivity (Wildman–Crippen MR) is 84.6 cm³/mol. The minimum absolute atomic E-state index is 0.729. The number of hydrogen-bond donors (Lipinski definition) is 0. The quantitative estimate of drug-likeness (QED) is 0.568. The van der Waals surface area contributed by atoms with Crippen LogP contribution in [-0.2, 0) is 0 Å². The smallest absolute Gasteiger partial charge is 0.159 e. The normalized spacial score (nSPS) is 11.0. The van der Waals surface area contributed by atoms with E-state index in [1.165, 1.54) is 0 Å². The second-order valence-corrected chi connectivity index (χ2v) is 5.04. The number of benzene rings is 1. The van der Waals surface area contributed by atoms with Crippen molar-refractivity contribution >= 4 is 11.0 Å². The van der Waals surface area contributed by atoms with Gasteiger partial charge in [0, 0.05) is 17.1 Å². The van der Waals surface area contributed by atoms with Crippen LogP contribution in [0.15, 0.2) is 60.9 Å². The fourth-order valence-electron chi connectivity index (χ4n) is 2.51. The number of hydrogen-bond acceptors (Lipinski definition) is 4. The first kappa shape index (κ1) is 12.6. The van der Waals surface area contributed by atoms with Gasteiger partial charge in [-0.15, -0.1) is 5.10 Å². The summed E-state index contributed by atoms with van der Waals surface area (Å²) in [5, 5.41) is 9.57. The molecule has 0 radical (unpaired) electrons. The van der Waals surface area contributed by atoms with Gasteiger partial charge in [-0.05, 0) is 25.1 Å². The zero-order valence-corrected chi connectivity index (χ0v) is 12.0. The van der Waals surface area contributed by atoms with Crippen molar-refractivity contribution < 1.29 is 0 Å². The molecule has 1 aromatic carbocycles.